The van der Waals surface area contributed by atoms with E-state index in [2.05, 4.69) is 5.32 Å². The molecule has 0 amide bonds. The maximum Gasteiger partial charge on any atom is 0.337 e. The standard InChI is InChI=1S/C21H14F3NO2/c22-15-6-8-17(9-7-15)25-20-11-13(2-10-18(20)21(26)27)1-3-14-4-5-16(23)12-19(14)24/h1-12,25H,(H,26,27). The van der Waals surface area contributed by atoms with Gasteiger partial charge in [0.1, 0.15) is 17.5 Å². The minimum absolute atomic E-state index is 0.0319. The van der Waals surface area contributed by atoms with E-state index in [0.29, 0.717) is 16.9 Å². The SMILES string of the molecule is O=C(O)c1ccc(C=Cc2ccc(F)cc2F)cc1Nc1ccc(F)cc1. The van der Waals surface area contributed by atoms with Gasteiger partial charge in [0.15, 0.2) is 0 Å². The fourth-order valence-electron chi connectivity index (χ4n) is 2.47. The van der Waals surface area contributed by atoms with Crippen molar-refractivity contribution < 1.29 is 23.1 Å². The van der Waals surface area contributed by atoms with Gasteiger partial charge in [0.05, 0.1) is 11.3 Å². The van der Waals surface area contributed by atoms with Crippen LogP contribution in [0.1, 0.15) is 21.5 Å². The van der Waals surface area contributed by atoms with E-state index in [1.807, 2.05) is 0 Å². The number of anilines is 2. The third-order valence-corrected chi connectivity index (χ3v) is 3.82. The van der Waals surface area contributed by atoms with Crippen molar-refractivity contribution in [3.8, 4) is 0 Å². The van der Waals surface area contributed by atoms with E-state index in [4.69, 9.17) is 0 Å². The van der Waals surface area contributed by atoms with Crippen LogP contribution in [0.2, 0.25) is 0 Å². The van der Waals surface area contributed by atoms with Crippen LogP contribution in [0.25, 0.3) is 12.2 Å². The second kappa shape index (κ2) is 7.78. The summed E-state index contributed by atoms with van der Waals surface area (Å²) in [7, 11) is 0. The fraction of sp³-hybridized carbons (Fsp3) is 0. The summed E-state index contributed by atoms with van der Waals surface area (Å²) in [4.78, 5) is 11.4. The zero-order valence-corrected chi connectivity index (χ0v) is 13.9. The Bertz CT molecular complexity index is 1010. The van der Waals surface area contributed by atoms with Gasteiger partial charge in [-0.1, -0.05) is 18.2 Å². The summed E-state index contributed by atoms with van der Waals surface area (Å²) in [6.45, 7) is 0. The van der Waals surface area contributed by atoms with Crippen molar-refractivity contribution in [2.24, 2.45) is 0 Å². The van der Waals surface area contributed by atoms with Gasteiger partial charge >= 0.3 is 5.97 Å². The molecule has 0 aliphatic heterocycles. The van der Waals surface area contributed by atoms with Crippen LogP contribution >= 0.6 is 0 Å². The Morgan fingerprint density at radius 3 is 2.22 bits per heavy atom. The highest BCUT2D eigenvalue weighted by Gasteiger charge is 2.11. The highest BCUT2D eigenvalue weighted by atomic mass is 19.1. The number of rotatable bonds is 5. The highest BCUT2D eigenvalue weighted by molar-refractivity contribution is 5.96. The summed E-state index contributed by atoms with van der Waals surface area (Å²) in [5, 5.41) is 12.3. The lowest BCUT2D eigenvalue weighted by Crippen LogP contribution is -2.03. The van der Waals surface area contributed by atoms with Crippen LogP contribution in [0.5, 0.6) is 0 Å². The second-order valence-corrected chi connectivity index (χ2v) is 5.74. The summed E-state index contributed by atoms with van der Waals surface area (Å²) in [5.74, 6) is -2.89. The largest absolute Gasteiger partial charge is 0.478 e. The van der Waals surface area contributed by atoms with Crippen molar-refractivity contribution >= 4 is 29.5 Å². The van der Waals surface area contributed by atoms with Gasteiger partial charge < -0.3 is 10.4 Å². The number of aromatic carboxylic acids is 1. The summed E-state index contributed by atoms with van der Waals surface area (Å²) in [6, 6.07) is 13.3. The average Bonchev–Trinajstić information content (AvgIpc) is 2.63. The zero-order valence-electron chi connectivity index (χ0n) is 13.9. The normalized spacial score (nSPS) is 10.9. The highest BCUT2D eigenvalue weighted by Crippen LogP contribution is 2.24. The van der Waals surface area contributed by atoms with E-state index >= 15 is 0 Å². The lowest BCUT2D eigenvalue weighted by Gasteiger charge is -2.11. The van der Waals surface area contributed by atoms with Crippen molar-refractivity contribution in [3.05, 3.63) is 94.8 Å². The number of hydrogen-bond donors (Lipinski definition) is 2. The molecule has 0 atom stereocenters. The Hall–Kier alpha value is -3.54. The predicted octanol–water partition coefficient (Wildman–Crippen LogP) is 5.72. The maximum absolute atomic E-state index is 13.7. The van der Waals surface area contributed by atoms with Crippen LogP contribution in [0, 0.1) is 17.5 Å². The molecule has 3 aromatic rings. The Kier molecular flexibility index (Phi) is 5.26. The van der Waals surface area contributed by atoms with Crippen LogP contribution in [0.3, 0.4) is 0 Å². The van der Waals surface area contributed by atoms with Crippen LogP contribution in [-0.4, -0.2) is 11.1 Å². The molecule has 6 heteroatoms. The number of nitrogens with one attached hydrogen (secondary N) is 1. The summed E-state index contributed by atoms with van der Waals surface area (Å²) in [5.41, 5.74) is 1.66. The van der Waals surface area contributed by atoms with E-state index < -0.39 is 23.4 Å². The smallest absolute Gasteiger partial charge is 0.337 e. The minimum Gasteiger partial charge on any atom is -0.478 e. The number of hydrogen-bond acceptors (Lipinski definition) is 2. The number of carboxylic acid groups (broad SMARTS) is 1. The Labute approximate surface area is 153 Å². The van der Waals surface area contributed by atoms with Crippen LogP contribution < -0.4 is 5.32 Å². The summed E-state index contributed by atoms with van der Waals surface area (Å²) in [6.07, 6.45) is 3.05. The number of halogens is 3. The first-order valence-corrected chi connectivity index (χ1v) is 7.95. The van der Waals surface area contributed by atoms with Gasteiger partial charge in [-0.15, -0.1) is 0 Å². The summed E-state index contributed by atoms with van der Waals surface area (Å²) < 4.78 is 39.7. The number of benzene rings is 3. The Balaban J connectivity index is 1.91. The van der Waals surface area contributed by atoms with Gasteiger partial charge in [0, 0.05) is 17.3 Å². The molecule has 27 heavy (non-hydrogen) atoms. The molecule has 3 rings (SSSR count). The molecule has 0 aliphatic carbocycles. The van der Waals surface area contributed by atoms with Crippen molar-refractivity contribution in [1.29, 1.82) is 0 Å². The maximum atomic E-state index is 13.7. The second-order valence-electron chi connectivity index (χ2n) is 5.74. The van der Waals surface area contributed by atoms with E-state index in [-0.39, 0.29) is 11.1 Å². The third kappa shape index (κ3) is 4.55. The fourth-order valence-corrected chi connectivity index (χ4v) is 2.47. The summed E-state index contributed by atoms with van der Waals surface area (Å²) >= 11 is 0. The van der Waals surface area contributed by atoms with Gasteiger partial charge in [-0.05, 0) is 54.1 Å². The van der Waals surface area contributed by atoms with Gasteiger partial charge in [-0.3, -0.25) is 0 Å². The van der Waals surface area contributed by atoms with E-state index in [9.17, 15) is 23.1 Å². The molecular formula is C21H14F3NO2. The molecule has 0 aromatic heterocycles. The number of carboxylic acids is 1. The van der Waals surface area contributed by atoms with Gasteiger partial charge in [-0.2, -0.15) is 0 Å². The van der Waals surface area contributed by atoms with Crippen molar-refractivity contribution in [3.63, 3.8) is 0 Å². The van der Waals surface area contributed by atoms with E-state index in [1.54, 1.807) is 18.2 Å². The topological polar surface area (TPSA) is 49.3 Å². The van der Waals surface area contributed by atoms with Crippen LogP contribution in [0.15, 0.2) is 60.7 Å². The zero-order chi connectivity index (χ0) is 19.4. The predicted molar refractivity (Wildman–Crippen MR) is 98.4 cm³/mol. The lowest BCUT2D eigenvalue weighted by atomic mass is 10.1. The monoisotopic (exact) mass is 369 g/mol. The molecule has 3 nitrogen and oxygen atoms in total. The average molecular weight is 369 g/mol. The molecule has 0 bridgehead atoms. The van der Waals surface area contributed by atoms with Crippen LogP contribution in [0.4, 0.5) is 24.5 Å². The first-order chi connectivity index (χ1) is 12.9. The third-order valence-electron chi connectivity index (χ3n) is 3.82. The lowest BCUT2D eigenvalue weighted by molar-refractivity contribution is 0.0698. The molecule has 0 radical (unpaired) electrons. The van der Waals surface area contributed by atoms with E-state index in [0.717, 1.165) is 12.1 Å². The first-order valence-electron chi connectivity index (χ1n) is 7.95. The molecule has 3 aromatic carbocycles. The van der Waals surface area contributed by atoms with Gasteiger partial charge in [0.2, 0.25) is 0 Å². The Morgan fingerprint density at radius 1 is 0.852 bits per heavy atom. The Morgan fingerprint density at radius 2 is 1.56 bits per heavy atom. The molecule has 0 saturated heterocycles. The van der Waals surface area contributed by atoms with Gasteiger partial charge in [-0.25, -0.2) is 18.0 Å². The quantitative estimate of drug-likeness (QED) is 0.566. The molecular weight excluding hydrogens is 355 g/mol. The molecule has 0 unspecified atom stereocenters. The van der Waals surface area contributed by atoms with E-state index in [1.165, 1.54) is 42.5 Å². The van der Waals surface area contributed by atoms with Crippen molar-refractivity contribution in [2.45, 2.75) is 0 Å². The molecule has 2 N–H and O–H groups in total. The van der Waals surface area contributed by atoms with Crippen LogP contribution in [-0.2, 0) is 0 Å². The number of carbonyl (C=O) groups is 1. The molecule has 0 spiro atoms. The molecule has 0 aliphatic rings. The van der Waals surface area contributed by atoms with Crippen molar-refractivity contribution in [1.82, 2.24) is 0 Å². The van der Waals surface area contributed by atoms with Crippen molar-refractivity contribution in [2.75, 3.05) is 5.32 Å². The first kappa shape index (κ1) is 18.3. The molecule has 0 fully saturated rings. The molecule has 0 saturated carbocycles. The molecule has 0 heterocycles. The van der Waals surface area contributed by atoms with Gasteiger partial charge in [0.25, 0.3) is 0 Å². The molecule has 136 valence electrons. The minimum atomic E-state index is -1.13.